The van der Waals surface area contributed by atoms with Crippen LogP contribution in [0.3, 0.4) is 0 Å². The zero-order valence-electron chi connectivity index (χ0n) is 18.7. The number of carbonyl (C=O) groups is 1. The quantitative estimate of drug-likeness (QED) is 0.368. The Morgan fingerprint density at radius 2 is 1.78 bits per heavy atom. The van der Waals surface area contributed by atoms with E-state index in [0.29, 0.717) is 23.4 Å². The largest absolute Gasteiger partial charge is 0.501 e. The summed E-state index contributed by atoms with van der Waals surface area (Å²) in [4.78, 5) is 25.3. The van der Waals surface area contributed by atoms with Crippen LogP contribution in [0.4, 0.5) is 16.2 Å². The summed E-state index contributed by atoms with van der Waals surface area (Å²) in [5.74, 6) is -0.667. The van der Waals surface area contributed by atoms with Gasteiger partial charge >= 0.3 is 6.03 Å². The third-order valence-electron chi connectivity index (χ3n) is 5.43. The highest BCUT2D eigenvalue weighted by molar-refractivity contribution is 6.01. The standard InChI is InChI=1S/C27H19N3O6/c28-14-17-7-4-8-18(11-17)29-27(33)30-19-9-10-21-20(13-19)24(31)25(32)26(36-21)22-15-34-23(35-22)12-16-5-2-1-3-6-16/h1-11,13,15,23,32H,12H2,(H2,29,30,33). The van der Waals surface area contributed by atoms with Crippen molar-refractivity contribution < 1.29 is 23.8 Å². The maximum atomic E-state index is 12.9. The first-order valence-electron chi connectivity index (χ1n) is 10.9. The summed E-state index contributed by atoms with van der Waals surface area (Å²) in [6, 6.07) is 21.9. The van der Waals surface area contributed by atoms with Gasteiger partial charge in [0.25, 0.3) is 0 Å². The molecule has 36 heavy (non-hydrogen) atoms. The molecule has 3 aromatic carbocycles. The number of fused-ring (bicyclic) bond motifs is 1. The van der Waals surface area contributed by atoms with Crippen LogP contribution in [-0.2, 0) is 15.9 Å². The van der Waals surface area contributed by atoms with Gasteiger partial charge in [0.2, 0.25) is 29.0 Å². The van der Waals surface area contributed by atoms with Crippen molar-refractivity contribution in [2.45, 2.75) is 12.7 Å². The summed E-state index contributed by atoms with van der Waals surface area (Å²) >= 11 is 0. The number of nitrogens with zero attached hydrogens (tertiary/aromatic N) is 1. The predicted octanol–water partition coefficient (Wildman–Crippen LogP) is 4.93. The molecule has 1 aromatic heterocycles. The van der Waals surface area contributed by atoms with Crippen LogP contribution >= 0.6 is 0 Å². The zero-order valence-corrected chi connectivity index (χ0v) is 18.7. The number of urea groups is 1. The maximum Gasteiger partial charge on any atom is 0.323 e. The molecular weight excluding hydrogens is 462 g/mol. The average Bonchev–Trinajstić information content (AvgIpc) is 3.35. The number of rotatable bonds is 5. The van der Waals surface area contributed by atoms with Crippen molar-refractivity contribution in [3.05, 3.63) is 106 Å². The fourth-order valence-corrected chi connectivity index (χ4v) is 3.73. The Bertz CT molecular complexity index is 1590. The minimum Gasteiger partial charge on any atom is -0.501 e. The van der Waals surface area contributed by atoms with Crippen LogP contribution in [0, 0.1) is 11.3 Å². The minimum atomic E-state index is -0.687. The number of carbonyl (C=O) groups excluding carboxylic acids is 1. The Balaban J connectivity index is 1.32. The molecule has 0 saturated heterocycles. The first-order valence-corrected chi connectivity index (χ1v) is 10.9. The fourth-order valence-electron chi connectivity index (χ4n) is 3.73. The van der Waals surface area contributed by atoms with Crippen LogP contribution in [0.1, 0.15) is 16.9 Å². The number of amides is 2. The third-order valence-corrected chi connectivity index (χ3v) is 5.43. The van der Waals surface area contributed by atoms with Crippen LogP contribution in [-0.4, -0.2) is 17.4 Å². The molecule has 1 aliphatic heterocycles. The fraction of sp³-hybridized carbons (Fsp3) is 0.0741. The number of nitrogens with one attached hydrogen (secondary N) is 2. The number of anilines is 2. The van der Waals surface area contributed by atoms with Crippen LogP contribution in [0.2, 0.25) is 0 Å². The molecule has 4 aromatic rings. The number of benzene rings is 3. The number of aromatic hydroxyl groups is 1. The molecule has 0 bridgehead atoms. The number of nitriles is 1. The molecule has 0 fully saturated rings. The van der Waals surface area contributed by atoms with E-state index in [2.05, 4.69) is 10.6 Å². The highest BCUT2D eigenvalue weighted by Gasteiger charge is 2.27. The molecule has 9 nitrogen and oxygen atoms in total. The SMILES string of the molecule is N#Cc1cccc(NC(=O)Nc2ccc3oc(C4=COC(Cc5ccccc5)O4)c(O)c(=O)c3c2)c1. The highest BCUT2D eigenvalue weighted by atomic mass is 16.7. The number of hydrogen-bond donors (Lipinski definition) is 3. The van der Waals surface area contributed by atoms with Crippen LogP contribution in [0.15, 0.2) is 88.3 Å². The highest BCUT2D eigenvalue weighted by Crippen LogP contribution is 2.33. The molecular formula is C27H19N3O6. The van der Waals surface area contributed by atoms with Gasteiger partial charge < -0.3 is 29.6 Å². The van der Waals surface area contributed by atoms with Gasteiger partial charge in [-0.25, -0.2) is 4.79 Å². The molecule has 0 aliphatic carbocycles. The first-order chi connectivity index (χ1) is 17.5. The summed E-state index contributed by atoms with van der Waals surface area (Å²) in [6.07, 6.45) is 1.15. The second-order valence-electron chi connectivity index (χ2n) is 7.95. The summed E-state index contributed by atoms with van der Waals surface area (Å²) < 4.78 is 17.0. The number of ether oxygens (including phenoxy) is 2. The van der Waals surface area contributed by atoms with E-state index >= 15 is 0 Å². The van der Waals surface area contributed by atoms with Crippen molar-refractivity contribution in [2.24, 2.45) is 0 Å². The number of hydrogen-bond acceptors (Lipinski definition) is 7. The Labute approximate surface area is 204 Å². The van der Waals surface area contributed by atoms with Crippen LogP contribution < -0.4 is 16.1 Å². The second-order valence-corrected chi connectivity index (χ2v) is 7.95. The van der Waals surface area contributed by atoms with E-state index in [0.717, 1.165) is 5.56 Å². The molecule has 1 atom stereocenters. The van der Waals surface area contributed by atoms with Gasteiger partial charge in [0.1, 0.15) is 11.8 Å². The van der Waals surface area contributed by atoms with Gasteiger partial charge in [-0.3, -0.25) is 4.79 Å². The minimum absolute atomic E-state index is 0.0703. The molecule has 0 spiro atoms. The predicted molar refractivity (Wildman–Crippen MR) is 132 cm³/mol. The molecule has 2 amide bonds. The monoisotopic (exact) mass is 481 g/mol. The topological polar surface area (TPSA) is 134 Å². The van der Waals surface area contributed by atoms with Crippen molar-refractivity contribution in [3.8, 4) is 11.8 Å². The molecule has 3 N–H and O–H groups in total. The summed E-state index contributed by atoms with van der Waals surface area (Å²) in [5.41, 5.74) is 1.65. The second kappa shape index (κ2) is 9.56. The van der Waals surface area contributed by atoms with Gasteiger partial charge in [0, 0.05) is 17.8 Å². The van der Waals surface area contributed by atoms with E-state index in [1.807, 2.05) is 36.4 Å². The molecule has 1 unspecified atom stereocenters. The molecule has 0 saturated carbocycles. The molecule has 5 rings (SSSR count). The maximum absolute atomic E-state index is 12.9. The molecule has 9 heteroatoms. The Kier molecular flexibility index (Phi) is 5.99. The van der Waals surface area contributed by atoms with Crippen LogP contribution in [0.25, 0.3) is 16.7 Å². The van der Waals surface area contributed by atoms with E-state index < -0.39 is 23.5 Å². The Morgan fingerprint density at radius 3 is 2.56 bits per heavy atom. The lowest BCUT2D eigenvalue weighted by Gasteiger charge is -2.12. The summed E-state index contributed by atoms with van der Waals surface area (Å²) in [5, 5.41) is 24.8. The van der Waals surface area contributed by atoms with Gasteiger partial charge in [0.15, 0.2) is 0 Å². The summed E-state index contributed by atoms with van der Waals surface area (Å²) in [6.45, 7) is 0. The smallest absolute Gasteiger partial charge is 0.323 e. The van der Waals surface area contributed by atoms with Gasteiger partial charge in [0.05, 0.1) is 17.0 Å². The summed E-state index contributed by atoms with van der Waals surface area (Å²) in [7, 11) is 0. The van der Waals surface area contributed by atoms with Crippen molar-refractivity contribution >= 4 is 34.1 Å². The zero-order chi connectivity index (χ0) is 25.1. The van der Waals surface area contributed by atoms with E-state index in [1.165, 1.54) is 24.5 Å². The van der Waals surface area contributed by atoms with Crippen molar-refractivity contribution in [2.75, 3.05) is 10.6 Å². The van der Waals surface area contributed by atoms with E-state index in [-0.39, 0.29) is 22.5 Å². The Morgan fingerprint density at radius 1 is 1.00 bits per heavy atom. The lowest BCUT2D eigenvalue weighted by Crippen LogP contribution is -2.19. The average molecular weight is 481 g/mol. The van der Waals surface area contributed by atoms with Crippen molar-refractivity contribution in [1.82, 2.24) is 0 Å². The molecule has 178 valence electrons. The lowest BCUT2D eigenvalue weighted by molar-refractivity contribution is -0.0145. The van der Waals surface area contributed by atoms with Gasteiger partial charge in [-0.2, -0.15) is 5.26 Å². The molecule has 0 radical (unpaired) electrons. The lowest BCUT2D eigenvalue weighted by atomic mass is 10.1. The first kappa shape index (κ1) is 22.6. The van der Waals surface area contributed by atoms with Crippen LogP contribution in [0.5, 0.6) is 5.75 Å². The van der Waals surface area contributed by atoms with Crippen molar-refractivity contribution in [3.63, 3.8) is 0 Å². The van der Waals surface area contributed by atoms with E-state index in [9.17, 15) is 14.7 Å². The molecule has 2 heterocycles. The normalized spacial score (nSPS) is 14.3. The Hall–Kier alpha value is -5.23. The third kappa shape index (κ3) is 4.69. The molecule has 1 aliphatic rings. The van der Waals surface area contributed by atoms with Gasteiger partial charge in [-0.05, 0) is 42.0 Å². The van der Waals surface area contributed by atoms with E-state index in [1.54, 1.807) is 24.3 Å². The van der Waals surface area contributed by atoms with Gasteiger partial charge in [-0.1, -0.05) is 36.4 Å². The van der Waals surface area contributed by atoms with E-state index in [4.69, 9.17) is 19.2 Å². The van der Waals surface area contributed by atoms with Crippen molar-refractivity contribution in [1.29, 1.82) is 5.26 Å². The van der Waals surface area contributed by atoms with Gasteiger partial charge in [-0.15, -0.1) is 0 Å².